The van der Waals surface area contributed by atoms with Crippen LogP contribution in [0.5, 0.6) is 0 Å². The van der Waals surface area contributed by atoms with Gasteiger partial charge in [-0.3, -0.25) is 0 Å². The smallest absolute Gasteiger partial charge is 0.0751 e. The van der Waals surface area contributed by atoms with E-state index in [0.29, 0.717) is 12.6 Å². The molecule has 0 amide bonds. The summed E-state index contributed by atoms with van der Waals surface area (Å²) in [4.78, 5) is 0. The summed E-state index contributed by atoms with van der Waals surface area (Å²) in [6.07, 6.45) is 6.18. The van der Waals surface area contributed by atoms with Crippen molar-refractivity contribution in [3.8, 4) is 0 Å². The third-order valence-electron chi connectivity index (χ3n) is 3.69. The Hall–Kier alpha value is -0.120. The standard InChI is InChI=1S/C12H23NO2/c1-11(2,9-13)15-10-4-7-14-12(8-10)5-3-6-12/h10H,3-9,13H2,1-2H3. The van der Waals surface area contributed by atoms with Gasteiger partial charge in [-0.2, -0.15) is 0 Å². The van der Waals surface area contributed by atoms with E-state index in [-0.39, 0.29) is 11.2 Å². The molecule has 88 valence electrons. The Morgan fingerprint density at radius 2 is 2.20 bits per heavy atom. The lowest BCUT2D eigenvalue weighted by molar-refractivity contribution is -0.190. The Kier molecular flexibility index (Phi) is 3.06. The molecular weight excluding hydrogens is 190 g/mol. The fourth-order valence-corrected chi connectivity index (χ4v) is 2.50. The highest BCUT2D eigenvalue weighted by Crippen LogP contribution is 2.43. The second-order valence-corrected chi connectivity index (χ2v) is 5.58. The molecule has 1 aliphatic carbocycles. The van der Waals surface area contributed by atoms with E-state index < -0.39 is 0 Å². The lowest BCUT2D eigenvalue weighted by atomic mass is 9.74. The zero-order valence-electron chi connectivity index (χ0n) is 9.92. The Morgan fingerprint density at radius 1 is 1.47 bits per heavy atom. The maximum Gasteiger partial charge on any atom is 0.0751 e. The molecule has 0 bridgehead atoms. The van der Waals surface area contributed by atoms with Gasteiger partial charge in [0.15, 0.2) is 0 Å². The van der Waals surface area contributed by atoms with Gasteiger partial charge in [-0.1, -0.05) is 0 Å². The van der Waals surface area contributed by atoms with Crippen molar-refractivity contribution in [2.45, 2.75) is 63.3 Å². The first kappa shape index (κ1) is 11.4. The van der Waals surface area contributed by atoms with Gasteiger partial charge in [0.05, 0.1) is 17.3 Å². The first-order chi connectivity index (χ1) is 7.05. The summed E-state index contributed by atoms with van der Waals surface area (Å²) in [6.45, 7) is 5.56. The zero-order valence-corrected chi connectivity index (χ0v) is 9.92. The SMILES string of the molecule is CC(C)(CN)OC1CCOC2(CCC2)C1. The Labute approximate surface area is 92.3 Å². The lowest BCUT2D eigenvalue weighted by Gasteiger charge is -2.48. The Morgan fingerprint density at radius 3 is 2.73 bits per heavy atom. The van der Waals surface area contributed by atoms with Crippen molar-refractivity contribution in [2.75, 3.05) is 13.2 Å². The first-order valence-electron chi connectivity index (χ1n) is 6.07. The van der Waals surface area contributed by atoms with Crippen LogP contribution in [0.1, 0.15) is 46.0 Å². The van der Waals surface area contributed by atoms with Gasteiger partial charge < -0.3 is 15.2 Å². The predicted octanol–water partition coefficient (Wildman–Crippen LogP) is 1.84. The normalized spacial score (nSPS) is 30.2. The van der Waals surface area contributed by atoms with Gasteiger partial charge in [0, 0.05) is 19.6 Å². The van der Waals surface area contributed by atoms with E-state index >= 15 is 0 Å². The van der Waals surface area contributed by atoms with Crippen molar-refractivity contribution < 1.29 is 9.47 Å². The largest absolute Gasteiger partial charge is 0.375 e. The third-order valence-corrected chi connectivity index (χ3v) is 3.69. The molecule has 3 heteroatoms. The van der Waals surface area contributed by atoms with Gasteiger partial charge >= 0.3 is 0 Å². The number of hydrogen-bond acceptors (Lipinski definition) is 3. The average Bonchev–Trinajstić information content (AvgIpc) is 2.15. The summed E-state index contributed by atoms with van der Waals surface area (Å²) in [5, 5.41) is 0. The molecule has 2 fully saturated rings. The summed E-state index contributed by atoms with van der Waals surface area (Å²) in [6, 6.07) is 0. The molecule has 1 heterocycles. The van der Waals surface area contributed by atoms with Crippen molar-refractivity contribution in [3.05, 3.63) is 0 Å². The molecule has 1 saturated heterocycles. The fourth-order valence-electron chi connectivity index (χ4n) is 2.50. The van der Waals surface area contributed by atoms with E-state index in [1.807, 2.05) is 0 Å². The Bertz CT molecular complexity index is 222. The van der Waals surface area contributed by atoms with Crippen molar-refractivity contribution in [1.82, 2.24) is 0 Å². The molecule has 0 aromatic rings. The third kappa shape index (κ3) is 2.52. The molecule has 3 nitrogen and oxygen atoms in total. The molecule has 1 spiro atoms. The lowest BCUT2D eigenvalue weighted by Crippen LogP contribution is -2.50. The van der Waals surface area contributed by atoms with Crippen LogP contribution in [0.2, 0.25) is 0 Å². The highest BCUT2D eigenvalue weighted by Gasteiger charge is 2.43. The molecular formula is C12H23NO2. The van der Waals surface area contributed by atoms with Crippen LogP contribution < -0.4 is 5.73 Å². The highest BCUT2D eigenvalue weighted by atomic mass is 16.5. The minimum absolute atomic E-state index is 0.174. The molecule has 2 N–H and O–H groups in total. The van der Waals surface area contributed by atoms with Crippen LogP contribution in [-0.2, 0) is 9.47 Å². The second kappa shape index (κ2) is 4.04. The molecule has 1 saturated carbocycles. The minimum Gasteiger partial charge on any atom is -0.375 e. The van der Waals surface area contributed by atoms with Gasteiger partial charge in [0.2, 0.25) is 0 Å². The molecule has 1 unspecified atom stereocenters. The van der Waals surface area contributed by atoms with E-state index in [0.717, 1.165) is 19.4 Å². The van der Waals surface area contributed by atoms with E-state index in [1.54, 1.807) is 0 Å². The first-order valence-corrected chi connectivity index (χ1v) is 6.07. The van der Waals surface area contributed by atoms with Crippen LogP contribution in [0.4, 0.5) is 0 Å². The summed E-state index contributed by atoms with van der Waals surface area (Å²) in [5.41, 5.74) is 5.67. The molecule has 2 aliphatic rings. The number of nitrogens with two attached hydrogens (primary N) is 1. The van der Waals surface area contributed by atoms with Gasteiger partial charge in [-0.15, -0.1) is 0 Å². The topological polar surface area (TPSA) is 44.5 Å². The van der Waals surface area contributed by atoms with Crippen molar-refractivity contribution in [1.29, 1.82) is 0 Å². The average molecular weight is 213 g/mol. The maximum absolute atomic E-state index is 6.05. The monoisotopic (exact) mass is 213 g/mol. The van der Waals surface area contributed by atoms with E-state index in [1.165, 1.54) is 19.3 Å². The molecule has 15 heavy (non-hydrogen) atoms. The molecule has 0 aromatic carbocycles. The van der Waals surface area contributed by atoms with Crippen LogP contribution in [-0.4, -0.2) is 30.5 Å². The van der Waals surface area contributed by atoms with E-state index in [9.17, 15) is 0 Å². The quantitative estimate of drug-likeness (QED) is 0.778. The summed E-state index contributed by atoms with van der Waals surface area (Å²) >= 11 is 0. The Balaban J connectivity index is 1.87. The van der Waals surface area contributed by atoms with Crippen LogP contribution in [0.15, 0.2) is 0 Å². The zero-order chi connectivity index (χ0) is 10.9. The van der Waals surface area contributed by atoms with Crippen molar-refractivity contribution in [3.63, 3.8) is 0 Å². The van der Waals surface area contributed by atoms with E-state index in [2.05, 4.69) is 13.8 Å². The second-order valence-electron chi connectivity index (χ2n) is 5.58. The highest BCUT2D eigenvalue weighted by molar-refractivity contribution is 4.95. The summed E-state index contributed by atoms with van der Waals surface area (Å²) < 4.78 is 11.9. The summed E-state index contributed by atoms with van der Waals surface area (Å²) in [5.74, 6) is 0. The van der Waals surface area contributed by atoms with Crippen molar-refractivity contribution >= 4 is 0 Å². The van der Waals surface area contributed by atoms with Crippen LogP contribution >= 0.6 is 0 Å². The van der Waals surface area contributed by atoms with Crippen molar-refractivity contribution in [2.24, 2.45) is 5.73 Å². The van der Waals surface area contributed by atoms with Gasteiger partial charge in [0.25, 0.3) is 0 Å². The van der Waals surface area contributed by atoms with E-state index in [4.69, 9.17) is 15.2 Å². The molecule has 1 aliphatic heterocycles. The van der Waals surface area contributed by atoms with Gasteiger partial charge in [-0.05, 0) is 39.5 Å². The van der Waals surface area contributed by atoms with Crippen LogP contribution in [0, 0.1) is 0 Å². The minimum atomic E-state index is -0.188. The maximum atomic E-state index is 6.05. The van der Waals surface area contributed by atoms with Gasteiger partial charge in [-0.25, -0.2) is 0 Å². The molecule has 0 aromatic heterocycles. The summed E-state index contributed by atoms with van der Waals surface area (Å²) in [7, 11) is 0. The number of ether oxygens (including phenoxy) is 2. The fraction of sp³-hybridized carbons (Fsp3) is 1.00. The number of hydrogen-bond donors (Lipinski definition) is 1. The molecule has 2 rings (SSSR count). The predicted molar refractivity (Wildman–Crippen MR) is 59.8 cm³/mol. The molecule has 0 radical (unpaired) electrons. The molecule has 1 atom stereocenters. The van der Waals surface area contributed by atoms with Gasteiger partial charge in [0.1, 0.15) is 0 Å². The number of rotatable bonds is 3. The van der Waals surface area contributed by atoms with Crippen LogP contribution in [0.25, 0.3) is 0 Å². The van der Waals surface area contributed by atoms with Crippen LogP contribution in [0.3, 0.4) is 0 Å².